The summed E-state index contributed by atoms with van der Waals surface area (Å²) >= 11 is 0. The molecule has 0 aliphatic rings. The molecule has 10 aromatic rings. The SMILES string of the molecule is CC(C)(C)c1ccc(-c2[c-]cccc2)nc1.CC(C)c1cc(-c2ccc(-c3ccccc3)cc2)cc(C(C)C)c1-n1c(-c2[c-]ccc3c2oc2cc(C#N)ccc23)nc2ccccc21.[Ir]. The van der Waals surface area contributed by atoms with Crippen molar-refractivity contribution < 1.29 is 24.5 Å². The maximum absolute atomic E-state index is 9.53. The summed E-state index contributed by atoms with van der Waals surface area (Å²) in [6.45, 7) is 15.6. The van der Waals surface area contributed by atoms with Crippen molar-refractivity contribution in [1.29, 1.82) is 5.26 Å². The summed E-state index contributed by atoms with van der Waals surface area (Å²) < 4.78 is 8.83. The molecule has 3 heterocycles. The molecule has 0 atom stereocenters. The first-order chi connectivity index (χ1) is 31.0. The summed E-state index contributed by atoms with van der Waals surface area (Å²) in [5, 5.41) is 11.5. The van der Waals surface area contributed by atoms with Gasteiger partial charge in [0.2, 0.25) is 0 Å². The Morgan fingerprint density at radius 2 is 1.31 bits per heavy atom. The minimum absolute atomic E-state index is 0. The molecule has 0 amide bonds. The normalized spacial score (nSPS) is 11.4. The predicted molar refractivity (Wildman–Crippen MR) is 264 cm³/mol. The van der Waals surface area contributed by atoms with Crippen molar-refractivity contribution in [2.24, 2.45) is 0 Å². The van der Waals surface area contributed by atoms with Crippen molar-refractivity contribution in [3.63, 3.8) is 0 Å². The predicted octanol–water partition coefficient (Wildman–Crippen LogP) is 15.7. The monoisotopic (exact) mass is 1020 g/mol. The Kier molecular flexibility index (Phi) is 12.8. The molecule has 10 rings (SSSR count). The number of hydrogen-bond acceptors (Lipinski definition) is 4. The number of aromatic nitrogens is 3. The number of rotatable bonds is 7. The van der Waals surface area contributed by atoms with Crippen LogP contribution in [0.4, 0.5) is 0 Å². The largest absolute Gasteiger partial charge is 0.500 e. The van der Waals surface area contributed by atoms with Gasteiger partial charge in [0.25, 0.3) is 0 Å². The number of hydrogen-bond donors (Lipinski definition) is 0. The second-order valence-electron chi connectivity index (χ2n) is 18.0. The van der Waals surface area contributed by atoms with Crippen LogP contribution in [0.15, 0.2) is 168 Å². The standard InChI is InChI=1S/C44H34N3O.C15H16N.Ir/c1-27(2)37-24-33(32-20-18-31(19-21-32)30-11-6-5-7-12-30)25-38(28(3)4)42(37)47-40-16-9-8-15-39(40)46-44(47)36-14-10-13-35-34-22-17-29(26-45)23-41(34)48-43(35)36;1-15(2,3)13-9-10-14(16-11-13)12-7-5-4-6-8-12;/h5-13,15-25,27-28H,1-4H3;4-7,9-11H,1-3H3;/q2*-1;. The zero-order chi connectivity index (χ0) is 44.5. The van der Waals surface area contributed by atoms with Crippen LogP contribution in [0.25, 0.3) is 83.6 Å². The number of nitriles is 1. The molecule has 0 bridgehead atoms. The van der Waals surface area contributed by atoms with Gasteiger partial charge in [-0.1, -0.05) is 144 Å². The molecule has 65 heavy (non-hydrogen) atoms. The van der Waals surface area contributed by atoms with Gasteiger partial charge in [0.15, 0.2) is 0 Å². The molecule has 0 unspecified atom stereocenters. The van der Waals surface area contributed by atoms with Crippen LogP contribution in [0.5, 0.6) is 0 Å². The average molecular weight is 1020 g/mol. The molecule has 7 aromatic carbocycles. The zero-order valence-corrected chi connectivity index (χ0v) is 40.2. The van der Waals surface area contributed by atoms with E-state index >= 15 is 0 Å². The van der Waals surface area contributed by atoms with Gasteiger partial charge in [0.1, 0.15) is 5.58 Å². The first-order valence-electron chi connectivity index (χ1n) is 22.0. The van der Waals surface area contributed by atoms with E-state index in [-0.39, 0.29) is 37.4 Å². The Balaban J connectivity index is 0.000000287. The van der Waals surface area contributed by atoms with Gasteiger partial charge in [-0.15, -0.1) is 54.1 Å². The number of furan rings is 1. The maximum Gasteiger partial charge on any atom is 0.122 e. The third-order valence-electron chi connectivity index (χ3n) is 11.9. The van der Waals surface area contributed by atoms with Gasteiger partial charge >= 0.3 is 0 Å². The van der Waals surface area contributed by atoms with E-state index in [1.54, 1.807) is 6.07 Å². The maximum atomic E-state index is 9.53. The van der Waals surface area contributed by atoms with Crippen LogP contribution in [0, 0.1) is 23.5 Å². The summed E-state index contributed by atoms with van der Waals surface area (Å²) in [5.41, 5.74) is 16.6. The van der Waals surface area contributed by atoms with E-state index in [9.17, 15) is 5.26 Å². The van der Waals surface area contributed by atoms with E-state index in [0.29, 0.717) is 16.7 Å². The molecule has 323 valence electrons. The van der Waals surface area contributed by atoms with Gasteiger partial charge in [0, 0.05) is 37.4 Å². The van der Waals surface area contributed by atoms with Crippen LogP contribution in [0.1, 0.15) is 82.6 Å². The molecule has 0 fully saturated rings. The number of benzene rings is 7. The molecule has 0 saturated heterocycles. The summed E-state index contributed by atoms with van der Waals surface area (Å²) in [7, 11) is 0. The zero-order valence-electron chi connectivity index (χ0n) is 37.8. The number of fused-ring (bicyclic) bond motifs is 4. The topological polar surface area (TPSA) is 67.6 Å². The van der Waals surface area contributed by atoms with Crippen LogP contribution in [-0.4, -0.2) is 14.5 Å². The molecular formula is C59H50IrN4O-2. The van der Waals surface area contributed by atoms with E-state index in [1.165, 1.54) is 38.9 Å². The molecule has 1 radical (unpaired) electrons. The van der Waals surface area contributed by atoms with Crippen molar-refractivity contribution in [2.45, 2.75) is 65.7 Å². The van der Waals surface area contributed by atoms with Crippen molar-refractivity contribution in [3.05, 3.63) is 198 Å². The Bertz CT molecular complexity index is 3270. The molecule has 0 aliphatic carbocycles. The molecule has 0 saturated carbocycles. The van der Waals surface area contributed by atoms with E-state index in [0.717, 1.165) is 50.1 Å². The first kappa shape index (κ1) is 44.7. The van der Waals surface area contributed by atoms with Crippen LogP contribution >= 0.6 is 0 Å². The second kappa shape index (κ2) is 18.7. The summed E-state index contributed by atoms with van der Waals surface area (Å²) in [5.74, 6) is 1.26. The number of imidazole rings is 1. The van der Waals surface area contributed by atoms with Gasteiger partial charge in [-0.3, -0.25) is 4.98 Å². The van der Waals surface area contributed by atoms with Gasteiger partial charge in [-0.25, -0.2) is 0 Å². The quantitative estimate of drug-likeness (QED) is 0.149. The number of para-hydroxylation sites is 2. The Morgan fingerprint density at radius 1 is 0.646 bits per heavy atom. The molecule has 3 aromatic heterocycles. The summed E-state index contributed by atoms with van der Waals surface area (Å²) in [6, 6.07) is 63.1. The fourth-order valence-corrected chi connectivity index (χ4v) is 8.42. The Morgan fingerprint density at radius 3 is 1.94 bits per heavy atom. The molecular weight excluding hydrogens is 973 g/mol. The van der Waals surface area contributed by atoms with Crippen molar-refractivity contribution in [1.82, 2.24) is 14.5 Å². The average Bonchev–Trinajstić information content (AvgIpc) is 3.90. The van der Waals surface area contributed by atoms with E-state index in [1.807, 2.05) is 60.8 Å². The first-order valence-corrected chi connectivity index (χ1v) is 22.0. The van der Waals surface area contributed by atoms with E-state index in [2.05, 4.69) is 173 Å². The third kappa shape index (κ3) is 8.96. The van der Waals surface area contributed by atoms with E-state index < -0.39 is 0 Å². The van der Waals surface area contributed by atoms with Crippen molar-refractivity contribution in [3.8, 4) is 56.7 Å². The van der Waals surface area contributed by atoms with E-state index in [4.69, 9.17) is 9.40 Å². The Labute approximate surface area is 395 Å². The number of nitrogens with zero attached hydrogens (tertiary/aromatic N) is 4. The van der Waals surface area contributed by atoms with Crippen LogP contribution < -0.4 is 0 Å². The summed E-state index contributed by atoms with van der Waals surface area (Å²) in [6.07, 6.45) is 1.95. The molecule has 0 spiro atoms. The van der Waals surface area contributed by atoms with Crippen molar-refractivity contribution in [2.75, 3.05) is 0 Å². The smallest absolute Gasteiger partial charge is 0.122 e. The fraction of sp³-hybridized carbons (Fsp3) is 0.169. The molecule has 0 aliphatic heterocycles. The molecule has 5 nitrogen and oxygen atoms in total. The van der Waals surface area contributed by atoms with Gasteiger partial charge in [0.05, 0.1) is 34.1 Å². The minimum atomic E-state index is 0. The summed E-state index contributed by atoms with van der Waals surface area (Å²) in [4.78, 5) is 9.74. The third-order valence-corrected chi connectivity index (χ3v) is 11.9. The van der Waals surface area contributed by atoms with Crippen LogP contribution in [-0.2, 0) is 25.5 Å². The Hall–Kier alpha value is -6.90. The van der Waals surface area contributed by atoms with Crippen LogP contribution in [0.3, 0.4) is 0 Å². The van der Waals surface area contributed by atoms with Gasteiger partial charge in [-0.2, -0.15) is 5.26 Å². The van der Waals surface area contributed by atoms with Gasteiger partial charge in [-0.05, 0) is 98.3 Å². The van der Waals surface area contributed by atoms with Crippen molar-refractivity contribution >= 4 is 33.0 Å². The number of pyridine rings is 1. The molecule has 0 N–H and O–H groups in total. The van der Waals surface area contributed by atoms with Gasteiger partial charge < -0.3 is 14.0 Å². The van der Waals surface area contributed by atoms with Crippen LogP contribution in [0.2, 0.25) is 0 Å². The minimum Gasteiger partial charge on any atom is -0.500 e. The fourth-order valence-electron chi connectivity index (χ4n) is 8.42. The second-order valence-corrected chi connectivity index (χ2v) is 18.0. The molecule has 6 heteroatoms.